The molecule has 2 aromatic carbocycles. The van der Waals surface area contributed by atoms with Crippen molar-refractivity contribution in [3.63, 3.8) is 0 Å². The van der Waals surface area contributed by atoms with E-state index in [2.05, 4.69) is 28.6 Å². The summed E-state index contributed by atoms with van der Waals surface area (Å²) in [5.74, 6) is 1.86. The molecule has 0 saturated heterocycles. The van der Waals surface area contributed by atoms with Gasteiger partial charge >= 0.3 is 0 Å². The number of aromatic nitrogens is 2. The quantitative estimate of drug-likeness (QED) is 0.684. The van der Waals surface area contributed by atoms with Crippen LogP contribution in [0.5, 0.6) is 5.75 Å². The molecule has 5 heteroatoms. The molecule has 0 aliphatic carbocycles. The number of halogens is 1. The maximum Gasteiger partial charge on any atom is 0.136 e. The molecule has 0 saturated carbocycles. The molecule has 0 fully saturated rings. The fraction of sp³-hybridized carbons (Fsp3) is 0.278. The molecule has 0 spiro atoms. The Morgan fingerprint density at radius 1 is 1.04 bits per heavy atom. The molecular weight excluding hydrogens is 312 g/mol. The minimum atomic E-state index is 0. The van der Waals surface area contributed by atoms with E-state index in [1.807, 2.05) is 36.4 Å². The van der Waals surface area contributed by atoms with Gasteiger partial charge < -0.3 is 14.0 Å². The Kier molecular flexibility index (Phi) is 6.02. The number of aryl methyl sites for hydroxylation is 1. The molecule has 1 heterocycles. The van der Waals surface area contributed by atoms with E-state index in [9.17, 15) is 0 Å². The van der Waals surface area contributed by atoms with E-state index in [-0.39, 0.29) is 12.4 Å². The monoisotopic (exact) mass is 332 g/mol. The van der Waals surface area contributed by atoms with Gasteiger partial charge in [0.1, 0.15) is 24.8 Å². The van der Waals surface area contributed by atoms with Gasteiger partial charge in [-0.05, 0) is 30.7 Å². The highest BCUT2D eigenvalue weighted by molar-refractivity contribution is 5.85. The van der Waals surface area contributed by atoms with Gasteiger partial charge in [-0.15, -0.1) is 12.4 Å². The summed E-state index contributed by atoms with van der Waals surface area (Å²) in [5, 5.41) is 0. The highest BCUT2D eigenvalue weighted by Gasteiger charge is 2.10. The lowest BCUT2D eigenvalue weighted by atomic mass is 10.2. The Morgan fingerprint density at radius 3 is 2.57 bits per heavy atom. The van der Waals surface area contributed by atoms with E-state index >= 15 is 0 Å². The number of hydrogen-bond acceptors (Lipinski definition) is 3. The first-order valence-corrected chi connectivity index (χ1v) is 7.41. The molecule has 0 aliphatic rings. The molecule has 122 valence electrons. The van der Waals surface area contributed by atoms with Crippen molar-refractivity contribution in [2.24, 2.45) is 0 Å². The Labute approximate surface area is 142 Å². The lowest BCUT2D eigenvalue weighted by Crippen LogP contribution is -2.12. The molecule has 0 amide bonds. The zero-order chi connectivity index (χ0) is 15.4. The molecule has 1 aromatic heterocycles. The lowest BCUT2D eigenvalue weighted by molar-refractivity contribution is 0.173. The Hall–Kier alpha value is -2.04. The van der Waals surface area contributed by atoms with Crippen LogP contribution in [0.15, 0.2) is 48.5 Å². The van der Waals surface area contributed by atoms with Gasteiger partial charge in [0, 0.05) is 7.11 Å². The second-order valence-electron chi connectivity index (χ2n) is 5.22. The SMILES string of the molecule is COCc1nc2ccccc2n1CCOc1ccccc1C.Cl. The summed E-state index contributed by atoms with van der Waals surface area (Å²) in [6.07, 6.45) is 0. The van der Waals surface area contributed by atoms with Crippen LogP contribution in [0.2, 0.25) is 0 Å². The van der Waals surface area contributed by atoms with Crippen molar-refractivity contribution in [2.45, 2.75) is 20.1 Å². The van der Waals surface area contributed by atoms with Crippen LogP contribution in [0.3, 0.4) is 0 Å². The molecular formula is C18H21ClN2O2. The van der Waals surface area contributed by atoms with Crippen LogP contribution < -0.4 is 4.74 Å². The highest BCUT2D eigenvalue weighted by atomic mass is 35.5. The van der Waals surface area contributed by atoms with Crippen molar-refractivity contribution in [2.75, 3.05) is 13.7 Å². The van der Waals surface area contributed by atoms with Crippen molar-refractivity contribution >= 4 is 23.4 Å². The summed E-state index contributed by atoms with van der Waals surface area (Å²) < 4.78 is 13.3. The first-order valence-electron chi connectivity index (χ1n) is 7.41. The largest absolute Gasteiger partial charge is 0.491 e. The Balaban J connectivity index is 0.00000192. The molecule has 4 nitrogen and oxygen atoms in total. The number of hydrogen-bond donors (Lipinski definition) is 0. The van der Waals surface area contributed by atoms with Gasteiger partial charge in [0.2, 0.25) is 0 Å². The number of methoxy groups -OCH3 is 1. The number of benzene rings is 2. The lowest BCUT2D eigenvalue weighted by Gasteiger charge is -2.12. The molecule has 23 heavy (non-hydrogen) atoms. The topological polar surface area (TPSA) is 36.3 Å². The summed E-state index contributed by atoms with van der Waals surface area (Å²) in [5.41, 5.74) is 3.25. The standard InChI is InChI=1S/C18H20N2O2.ClH/c1-14-7-3-6-10-17(14)22-12-11-20-16-9-5-4-8-15(16)19-18(20)13-21-2;/h3-10H,11-13H2,1-2H3;1H. The normalized spacial score (nSPS) is 10.5. The number of fused-ring (bicyclic) bond motifs is 1. The van der Waals surface area contributed by atoms with Gasteiger partial charge in [-0.25, -0.2) is 4.98 Å². The predicted molar refractivity (Wildman–Crippen MR) is 94.4 cm³/mol. The fourth-order valence-corrected chi connectivity index (χ4v) is 2.58. The minimum absolute atomic E-state index is 0. The van der Waals surface area contributed by atoms with Crippen molar-refractivity contribution in [3.05, 3.63) is 59.9 Å². The molecule has 3 rings (SSSR count). The molecule has 0 bridgehead atoms. The van der Waals surface area contributed by atoms with Crippen molar-refractivity contribution in [1.82, 2.24) is 9.55 Å². The second kappa shape index (κ2) is 7.99. The molecule has 0 atom stereocenters. The van der Waals surface area contributed by atoms with E-state index in [4.69, 9.17) is 9.47 Å². The van der Waals surface area contributed by atoms with Gasteiger partial charge in [0.15, 0.2) is 0 Å². The molecule has 3 aromatic rings. The summed E-state index contributed by atoms with van der Waals surface area (Å²) in [7, 11) is 1.69. The van der Waals surface area contributed by atoms with Gasteiger partial charge in [-0.2, -0.15) is 0 Å². The van der Waals surface area contributed by atoms with Gasteiger partial charge in [-0.3, -0.25) is 0 Å². The van der Waals surface area contributed by atoms with Crippen molar-refractivity contribution in [1.29, 1.82) is 0 Å². The van der Waals surface area contributed by atoms with Crippen molar-refractivity contribution < 1.29 is 9.47 Å². The number of imidazole rings is 1. The van der Waals surface area contributed by atoms with Crippen LogP contribution >= 0.6 is 12.4 Å². The van der Waals surface area contributed by atoms with Gasteiger partial charge in [-0.1, -0.05) is 30.3 Å². The summed E-state index contributed by atoms with van der Waals surface area (Å²) in [6.45, 7) is 3.90. The van der Waals surface area contributed by atoms with E-state index in [1.165, 1.54) is 0 Å². The van der Waals surface area contributed by atoms with E-state index in [0.29, 0.717) is 13.2 Å². The maximum absolute atomic E-state index is 5.90. The molecule has 0 N–H and O–H groups in total. The zero-order valence-electron chi connectivity index (χ0n) is 13.4. The van der Waals surface area contributed by atoms with Crippen LogP contribution in [0.25, 0.3) is 11.0 Å². The molecule has 0 radical (unpaired) electrons. The minimum Gasteiger partial charge on any atom is -0.491 e. The van der Waals surface area contributed by atoms with E-state index < -0.39 is 0 Å². The summed E-state index contributed by atoms with van der Waals surface area (Å²) in [6, 6.07) is 16.2. The van der Waals surface area contributed by atoms with Crippen LogP contribution in [0, 0.1) is 6.92 Å². The first-order chi connectivity index (χ1) is 10.8. The third-order valence-corrected chi connectivity index (χ3v) is 3.67. The molecule has 0 aliphatic heterocycles. The summed E-state index contributed by atoms with van der Waals surface area (Å²) >= 11 is 0. The zero-order valence-corrected chi connectivity index (χ0v) is 14.2. The van der Waals surface area contributed by atoms with Crippen LogP contribution in [-0.2, 0) is 17.9 Å². The molecule has 0 unspecified atom stereocenters. The number of para-hydroxylation sites is 3. The van der Waals surface area contributed by atoms with Crippen LogP contribution in [-0.4, -0.2) is 23.3 Å². The first kappa shape index (κ1) is 17.3. The number of ether oxygens (including phenoxy) is 2. The van der Waals surface area contributed by atoms with Gasteiger partial charge in [0.25, 0.3) is 0 Å². The van der Waals surface area contributed by atoms with Crippen LogP contribution in [0.1, 0.15) is 11.4 Å². The summed E-state index contributed by atoms with van der Waals surface area (Å²) in [4.78, 5) is 4.63. The van der Waals surface area contributed by atoms with E-state index in [1.54, 1.807) is 7.11 Å². The fourth-order valence-electron chi connectivity index (χ4n) is 2.58. The average molecular weight is 333 g/mol. The van der Waals surface area contributed by atoms with E-state index in [0.717, 1.165) is 34.7 Å². The Morgan fingerprint density at radius 2 is 1.78 bits per heavy atom. The average Bonchev–Trinajstić information content (AvgIpc) is 2.87. The maximum atomic E-state index is 5.90. The highest BCUT2D eigenvalue weighted by Crippen LogP contribution is 2.18. The third-order valence-electron chi connectivity index (χ3n) is 3.67. The number of nitrogens with zero attached hydrogens (tertiary/aromatic N) is 2. The van der Waals surface area contributed by atoms with Crippen LogP contribution in [0.4, 0.5) is 0 Å². The Bertz CT molecular complexity index is 771. The van der Waals surface area contributed by atoms with Gasteiger partial charge in [0.05, 0.1) is 17.6 Å². The smallest absolute Gasteiger partial charge is 0.136 e. The predicted octanol–water partition coefficient (Wildman–Crippen LogP) is 3.99. The van der Waals surface area contributed by atoms with Crippen molar-refractivity contribution in [3.8, 4) is 5.75 Å². The number of rotatable bonds is 6. The second-order valence-corrected chi connectivity index (χ2v) is 5.22. The third kappa shape index (κ3) is 3.84.